The number of nitrogens with zero attached hydrogens (tertiary/aromatic N) is 2. The molecule has 2 aromatic rings. The van der Waals surface area contributed by atoms with Crippen molar-refractivity contribution in [3.05, 3.63) is 34.3 Å². The normalized spacial score (nSPS) is 11.3. The van der Waals surface area contributed by atoms with E-state index in [2.05, 4.69) is 46.3 Å². The maximum Gasteiger partial charge on any atom is 0.138 e. The zero-order valence-electron chi connectivity index (χ0n) is 12.7. The Hall–Kier alpha value is -1.36. The monoisotopic (exact) mass is 353 g/mol. The number of imidazole rings is 1. The third kappa shape index (κ3) is 3.46. The summed E-state index contributed by atoms with van der Waals surface area (Å²) in [5.74, 6) is 1.77. The largest absolute Gasteiger partial charge is 0.383 e. The predicted octanol–water partition coefficient (Wildman–Crippen LogP) is 4.64. The molecule has 0 saturated heterocycles. The average molecular weight is 354 g/mol. The lowest BCUT2D eigenvalue weighted by Gasteiger charge is -2.12. The number of hydrogen-bond acceptors (Lipinski definition) is 2. The van der Waals surface area contributed by atoms with Gasteiger partial charge < -0.3 is 10.3 Å². The summed E-state index contributed by atoms with van der Waals surface area (Å²) in [6.45, 7) is 7.24. The Labute approximate surface area is 133 Å². The van der Waals surface area contributed by atoms with Crippen molar-refractivity contribution in [3.63, 3.8) is 0 Å². The van der Waals surface area contributed by atoms with Crippen LogP contribution >= 0.6 is 15.9 Å². The maximum atomic E-state index is 13.7. The van der Waals surface area contributed by atoms with Gasteiger partial charge in [-0.15, -0.1) is 0 Å². The molecule has 0 radical (unpaired) electrons. The van der Waals surface area contributed by atoms with E-state index in [4.69, 9.17) is 5.73 Å². The number of nitrogen functional groups attached to an aromatic ring is 1. The first-order chi connectivity index (χ1) is 9.93. The Morgan fingerprint density at radius 1 is 1.38 bits per heavy atom. The molecule has 1 aromatic heterocycles. The van der Waals surface area contributed by atoms with E-state index in [1.807, 2.05) is 6.07 Å². The highest BCUT2D eigenvalue weighted by Gasteiger charge is 2.17. The molecule has 1 heterocycles. The molecule has 0 atom stereocenters. The molecule has 21 heavy (non-hydrogen) atoms. The van der Waals surface area contributed by atoms with E-state index in [0.717, 1.165) is 25.2 Å². The van der Waals surface area contributed by atoms with Crippen molar-refractivity contribution < 1.29 is 4.39 Å². The van der Waals surface area contributed by atoms with Crippen LogP contribution < -0.4 is 5.73 Å². The summed E-state index contributed by atoms with van der Waals surface area (Å²) in [7, 11) is 0. The molecule has 5 heteroatoms. The third-order valence-corrected chi connectivity index (χ3v) is 3.94. The fourth-order valence-corrected chi connectivity index (χ4v) is 2.60. The SMILES string of the molecule is CCCc1nc(-c2ccc(Br)c(F)c2)c(N)n1CC(C)C. The van der Waals surface area contributed by atoms with Gasteiger partial charge in [0.1, 0.15) is 23.2 Å². The first-order valence-electron chi connectivity index (χ1n) is 7.24. The van der Waals surface area contributed by atoms with Crippen LogP contribution in [0, 0.1) is 11.7 Å². The minimum atomic E-state index is -0.303. The molecule has 0 unspecified atom stereocenters. The van der Waals surface area contributed by atoms with E-state index in [0.29, 0.717) is 27.5 Å². The number of rotatable bonds is 5. The highest BCUT2D eigenvalue weighted by molar-refractivity contribution is 9.10. The fourth-order valence-electron chi connectivity index (χ4n) is 2.35. The Kier molecular flexibility index (Phi) is 5.04. The van der Waals surface area contributed by atoms with Crippen molar-refractivity contribution in [3.8, 4) is 11.3 Å². The van der Waals surface area contributed by atoms with Crippen LogP contribution in [0.15, 0.2) is 22.7 Å². The van der Waals surface area contributed by atoms with E-state index >= 15 is 0 Å². The zero-order valence-corrected chi connectivity index (χ0v) is 14.2. The second-order valence-corrected chi connectivity index (χ2v) is 6.50. The number of halogens is 2. The van der Waals surface area contributed by atoms with Crippen molar-refractivity contribution in [2.45, 2.75) is 40.2 Å². The summed E-state index contributed by atoms with van der Waals surface area (Å²) >= 11 is 3.17. The fraction of sp³-hybridized carbons (Fsp3) is 0.438. The Balaban J connectivity index is 2.50. The summed E-state index contributed by atoms with van der Waals surface area (Å²) in [6.07, 6.45) is 1.87. The third-order valence-electron chi connectivity index (χ3n) is 3.30. The van der Waals surface area contributed by atoms with Gasteiger partial charge in [0.15, 0.2) is 0 Å². The zero-order chi connectivity index (χ0) is 15.6. The van der Waals surface area contributed by atoms with Crippen LogP contribution in [0.2, 0.25) is 0 Å². The molecule has 0 amide bonds. The van der Waals surface area contributed by atoms with Gasteiger partial charge >= 0.3 is 0 Å². The Morgan fingerprint density at radius 2 is 2.10 bits per heavy atom. The molecule has 0 aliphatic carbocycles. The van der Waals surface area contributed by atoms with Gasteiger partial charge in [0.2, 0.25) is 0 Å². The van der Waals surface area contributed by atoms with E-state index in [1.54, 1.807) is 6.07 Å². The lowest BCUT2D eigenvalue weighted by molar-refractivity contribution is 0.510. The molecule has 1 aromatic carbocycles. The lowest BCUT2D eigenvalue weighted by Crippen LogP contribution is -2.11. The van der Waals surface area contributed by atoms with Crippen LogP contribution in [0.3, 0.4) is 0 Å². The molecule has 0 bridgehead atoms. The van der Waals surface area contributed by atoms with Crippen LogP contribution in [-0.2, 0) is 13.0 Å². The molecule has 0 spiro atoms. The molecule has 0 aliphatic rings. The smallest absolute Gasteiger partial charge is 0.138 e. The minimum Gasteiger partial charge on any atom is -0.383 e. The highest BCUT2D eigenvalue weighted by Crippen LogP contribution is 2.30. The first-order valence-corrected chi connectivity index (χ1v) is 8.03. The van der Waals surface area contributed by atoms with Gasteiger partial charge in [0, 0.05) is 18.5 Å². The number of anilines is 1. The lowest BCUT2D eigenvalue weighted by atomic mass is 10.1. The maximum absolute atomic E-state index is 13.7. The summed E-state index contributed by atoms with van der Waals surface area (Å²) in [5, 5.41) is 0. The highest BCUT2D eigenvalue weighted by atomic mass is 79.9. The van der Waals surface area contributed by atoms with Crippen molar-refractivity contribution in [2.75, 3.05) is 5.73 Å². The van der Waals surface area contributed by atoms with Crippen molar-refractivity contribution in [1.82, 2.24) is 9.55 Å². The second kappa shape index (κ2) is 6.60. The average Bonchev–Trinajstić information content (AvgIpc) is 2.71. The van der Waals surface area contributed by atoms with Gasteiger partial charge in [0.05, 0.1) is 4.47 Å². The summed E-state index contributed by atoms with van der Waals surface area (Å²) < 4.78 is 16.2. The predicted molar refractivity (Wildman–Crippen MR) is 88.6 cm³/mol. The van der Waals surface area contributed by atoms with Gasteiger partial charge in [-0.3, -0.25) is 0 Å². The molecule has 2 rings (SSSR count). The Bertz CT molecular complexity index is 635. The minimum absolute atomic E-state index is 0.303. The topological polar surface area (TPSA) is 43.8 Å². The van der Waals surface area contributed by atoms with E-state index < -0.39 is 0 Å². The molecule has 3 nitrogen and oxygen atoms in total. The van der Waals surface area contributed by atoms with Crippen LogP contribution in [-0.4, -0.2) is 9.55 Å². The van der Waals surface area contributed by atoms with E-state index in [1.165, 1.54) is 6.07 Å². The quantitative estimate of drug-likeness (QED) is 0.850. The van der Waals surface area contributed by atoms with Crippen LogP contribution in [0.5, 0.6) is 0 Å². The van der Waals surface area contributed by atoms with Crippen LogP contribution in [0.4, 0.5) is 10.2 Å². The summed E-state index contributed by atoms with van der Waals surface area (Å²) in [6, 6.07) is 4.99. The van der Waals surface area contributed by atoms with Gasteiger partial charge in [0.25, 0.3) is 0 Å². The van der Waals surface area contributed by atoms with Gasteiger partial charge in [-0.2, -0.15) is 0 Å². The van der Waals surface area contributed by atoms with Gasteiger partial charge in [-0.05, 0) is 40.4 Å². The standard InChI is InChI=1S/C16H21BrFN3/c1-4-5-14-20-15(16(19)21(14)9-10(2)3)11-6-7-12(17)13(18)8-11/h6-8,10H,4-5,9,19H2,1-3H3. The van der Waals surface area contributed by atoms with E-state index in [9.17, 15) is 4.39 Å². The number of benzene rings is 1. The number of nitrogens with two attached hydrogens (primary N) is 1. The number of aryl methyl sites for hydroxylation is 1. The van der Waals surface area contributed by atoms with Crippen molar-refractivity contribution in [1.29, 1.82) is 0 Å². The number of hydrogen-bond donors (Lipinski definition) is 1. The molecular formula is C16H21BrFN3. The summed E-state index contributed by atoms with van der Waals surface area (Å²) in [5.41, 5.74) is 7.66. The van der Waals surface area contributed by atoms with Gasteiger partial charge in [-0.25, -0.2) is 9.37 Å². The van der Waals surface area contributed by atoms with E-state index in [-0.39, 0.29) is 5.82 Å². The summed E-state index contributed by atoms with van der Waals surface area (Å²) in [4.78, 5) is 4.65. The van der Waals surface area contributed by atoms with Crippen molar-refractivity contribution in [2.24, 2.45) is 5.92 Å². The van der Waals surface area contributed by atoms with Gasteiger partial charge in [-0.1, -0.05) is 26.8 Å². The molecule has 114 valence electrons. The van der Waals surface area contributed by atoms with Crippen LogP contribution in [0.25, 0.3) is 11.3 Å². The van der Waals surface area contributed by atoms with Crippen molar-refractivity contribution >= 4 is 21.7 Å². The Morgan fingerprint density at radius 3 is 2.67 bits per heavy atom. The van der Waals surface area contributed by atoms with Crippen LogP contribution in [0.1, 0.15) is 33.0 Å². The molecular weight excluding hydrogens is 333 g/mol. The number of aromatic nitrogens is 2. The molecule has 0 aliphatic heterocycles. The molecule has 2 N–H and O–H groups in total. The molecule has 0 fully saturated rings. The first kappa shape index (κ1) is 16.0. The molecule has 0 saturated carbocycles. The second-order valence-electron chi connectivity index (χ2n) is 5.65.